The highest BCUT2D eigenvalue weighted by atomic mass is 32.1. The molecule has 2 saturated heterocycles. The number of carboxylic acids is 1. The second-order valence-corrected chi connectivity index (χ2v) is 12.0. The largest absolute Gasteiger partial charge is 0.478 e. The predicted molar refractivity (Wildman–Crippen MR) is 142 cm³/mol. The minimum Gasteiger partial charge on any atom is -0.478 e. The lowest BCUT2D eigenvalue weighted by Gasteiger charge is -2.39. The molecule has 1 saturated carbocycles. The molecule has 2 aliphatic heterocycles. The molecule has 39 heavy (non-hydrogen) atoms. The summed E-state index contributed by atoms with van der Waals surface area (Å²) < 4.78 is 42.2. The number of aromatic nitrogens is 2. The molecule has 4 aromatic rings. The Labute approximate surface area is 227 Å². The molecule has 2 bridgehead atoms. The Kier molecular flexibility index (Phi) is 5.93. The maximum absolute atomic E-state index is 14.6. The third kappa shape index (κ3) is 4.30. The van der Waals surface area contributed by atoms with Gasteiger partial charge in [0.2, 0.25) is 0 Å². The van der Waals surface area contributed by atoms with Gasteiger partial charge in [-0.2, -0.15) is 0 Å². The number of rotatable bonds is 7. The Bertz CT molecular complexity index is 1560. The molecule has 3 aliphatic rings. The maximum atomic E-state index is 14.6. The molecule has 202 valence electrons. The van der Waals surface area contributed by atoms with E-state index in [1.807, 2.05) is 0 Å². The van der Waals surface area contributed by atoms with Crippen molar-refractivity contribution in [1.82, 2.24) is 10.1 Å². The number of aromatic carboxylic acids is 1. The van der Waals surface area contributed by atoms with Crippen molar-refractivity contribution in [3.05, 3.63) is 64.9 Å². The summed E-state index contributed by atoms with van der Waals surface area (Å²) in [4.78, 5) is 18.6. The number of carbonyl (C=O) groups is 1. The molecule has 0 spiro atoms. The number of nitrogens with zero attached hydrogens (tertiary/aromatic N) is 3. The monoisotopic (exact) mass is 551 g/mol. The van der Waals surface area contributed by atoms with Crippen molar-refractivity contribution in [2.75, 3.05) is 4.90 Å². The molecule has 4 atom stereocenters. The second-order valence-electron chi connectivity index (χ2n) is 11.0. The van der Waals surface area contributed by atoms with Crippen LogP contribution in [0.4, 0.5) is 13.9 Å². The first-order valence-electron chi connectivity index (χ1n) is 13.3. The molecule has 4 unspecified atom stereocenters. The minimum absolute atomic E-state index is 0.0190. The summed E-state index contributed by atoms with van der Waals surface area (Å²) in [5, 5.41) is 14.4. The molecule has 3 fully saturated rings. The van der Waals surface area contributed by atoms with Gasteiger partial charge in [0.05, 0.1) is 34.1 Å². The van der Waals surface area contributed by atoms with Crippen LogP contribution in [0.3, 0.4) is 0 Å². The van der Waals surface area contributed by atoms with Gasteiger partial charge in [0.15, 0.2) is 5.13 Å². The fourth-order valence-electron chi connectivity index (χ4n) is 6.31. The maximum Gasteiger partial charge on any atom is 0.335 e. The Hall–Kier alpha value is -3.37. The topological polar surface area (TPSA) is 88.7 Å². The van der Waals surface area contributed by atoms with Crippen LogP contribution in [0.1, 0.15) is 66.6 Å². The summed E-state index contributed by atoms with van der Waals surface area (Å²) in [6.07, 6.45) is 4.56. The normalized spacial score (nSPS) is 24.5. The number of halogens is 2. The van der Waals surface area contributed by atoms with Crippen LogP contribution < -0.4 is 4.90 Å². The number of ether oxygens (including phenoxy) is 1. The van der Waals surface area contributed by atoms with Crippen LogP contribution in [0.5, 0.6) is 0 Å². The van der Waals surface area contributed by atoms with Crippen molar-refractivity contribution in [2.45, 2.75) is 69.7 Å². The smallest absolute Gasteiger partial charge is 0.335 e. The molecule has 4 heterocycles. The van der Waals surface area contributed by atoms with E-state index in [0.717, 1.165) is 47.5 Å². The van der Waals surface area contributed by atoms with E-state index in [4.69, 9.17) is 14.2 Å². The van der Waals surface area contributed by atoms with Gasteiger partial charge in [-0.1, -0.05) is 29.5 Å². The lowest BCUT2D eigenvalue weighted by atomic mass is 9.97. The van der Waals surface area contributed by atoms with E-state index < -0.39 is 17.6 Å². The van der Waals surface area contributed by atoms with E-state index in [2.05, 4.69) is 17.0 Å². The Balaban J connectivity index is 1.12. The SMILES string of the molecule is CC1CC2CC(OCc3c(-c4c(F)cccc4F)noc3C3CC3)CC1N2c1nc2ccc(C(=O)O)cc2s1. The number of fused-ring (bicyclic) bond motifs is 3. The first-order chi connectivity index (χ1) is 18.9. The van der Waals surface area contributed by atoms with Crippen LogP contribution in [0.25, 0.3) is 21.5 Å². The van der Waals surface area contributed by atoms with E-state index in [-0.39, 0.29) is 47.5 Å². The summed E-state index contributed by atoms with van der Waals surface area (Å²) >= 11 is 1.53. The summed E-state index contributed by atoms with van der Waals surface area (Å²) in [6, 6.07) is 9.33. The van der Waals surface area contributed by atoms with Gasteiger partial charge in [-0.3, -0.25) is 0 Å². The number of hydrogen-bond donors (Lipinski definition) is 1. The van der Waals surface area contributed by atoms with E-state index in [9.17, 15) is 18.7 Å². The molecule has 7 nitrogen and oxygen atoms in total. The lowest BCUT2D eigenvalue weighted by molar-refractivity contribution is 0.0136. The van der Waals surface area contributed by atoms with Gasteiger partial charge in [-0.25, -0.2) is 18.6 Å². The number of benzene rings is 2. The second kappa shape index (κ2) is 9.38. The standard InChI is InChI=1S/C29H27F2N3O4S/c1-14-9-17-11-18(12-23(14)34(17)29-32-22-8-7-16(28(35)36)10-24(22)39-29)37-13-19-26(33-38-27(19)15-5-6-15)25-20(30)3-2-4-21(25)31/h2-4,7-8,10,14-15,17-18,23H,5-6,9,11-13H2,1H3,(H,35,36). The third-order valence-corrected chi connectivity index (χ3v) is 9.40. The zero-order valence-corrected chi connectivity index (χ0v) is 22.1. The van der Waals surface area contributed by atoms with Crippen molar-refractivity contribution in [2.24, 2.45) is 5.92 Å². The zero-order chi connectivity index (χ0) is 26.8. The number of anilines is 1. The van der Waals surface area contributed by atoms with Crippen LogP contribution in [0.2, 0.25) is 0 Å². The van der Waals surface area contributed by atoms with Crippen LogP contribution in [-0.2, 0) is 11.3 Å². The van der Waals surface area contributed by atoms with Crippen molar-refractivity contribution >= 4 is 32.7 Å². The molecule has 2 aromatic heterocycles. The fourth-order valence-corrected chi connectivity index (χ4v) is 7.44. The summed E-state index contributed by atoms with van der Waals surface area (Å²) in [5.74, 6) is -0.935. The highest BCUT2D eigenvalue weighted by molar-refractivity contribution is 7.22. The van der Waals surface area contributed by atoms with Crippen LogP contribution in [0.15, 0.2) is 40.9 Å². The van der Waals surface area contributed by atoms with Gasteiger partial charge in [0.25, 0.3) is 0 Å². The molecule has 0 amide bonds. The van der Waals surface area contributed by atoms with Crippen LogP contribution in [0, 0.1) is 17.6 Å². The van der Waals surface area contributed by atoms with Crippen molar-refractivity contribution in [3.8, 4) is 11.3 Å². The van der Waals surface area contributed by atoms with E-state index in [1.165, 1.54) is 29.5 Å². The Morgan fingerprint density at radius 1 is 1.18 bits per heavy atom. The van der Waals surface area contributed by atoms with Gasteiger partial charge in [0, 0.05) is 23.6 Å². The molecule has 1 N–H and O–H groups in total. The third-order valence-electron chi connectivity index (χ3n) is 8.37. The van der Waals surface area contributed by atoms with Gasteiger partial charge in [0.1, 0.15) is 23.1 Å². The quantitative estimate of drug-likeness (QED) is 0.271. The average Bonchev–Trinajstić information content (AvgIpc) is 3.47. The molecule has 0 radical (unpaired) electrons. The van der Waals surface area contributed by atoms with Crippen LogP contribution in [-0.4, -0.2) is 39.4 Å². The number of hydrogen-bond acceptors (Lipinski definition) is 7. The summed E-state index contributed by atoms with van der Waals surface area (Å²) in [5.41, 5.74) is 1.73. The Morgan fingerprint density at radius 3 is 2.69 bits per heavy atom. The highest BCUT2D eigenvalue weighted by Crippen LogP contribution is 2.47. The first-order valence-corrected chi connectivity index (χ1v) is 14.2. The van der Waals surface area contributed by atoms with Gasteiger partial charge in [-0.05, 0) is 68.4 Å². The van der Waals surface area contributed by atoms with Crippen molar-refractivity contribution < 1.29 is 27.9 Å². The van der Waals surface area contributed by atoms with Crippen molar-refractivity contribution in [1.29, 1.82) is 0 Å². The molecule has 7 rings (SSSR count). The predicted octanol–water partition coefficient (Wildman–Crippen LogP) is 6.77. The van der Waals surface area contributed by atoms with Crippen LogP contribution >= 0.6 is 11.3 Å². The molecule has 1 aliphatic carbocycles. The van der Waals surface area contributed by atoms with Gasteiger partial charge >= 0.3 is 5.97 Å². The van der Waals surface area contributed by atoms with Gasteiger partial charge in [-0.15, -0.1) is 0 Å². The summed E-state index contributed by atoms with van der Waals surface area (Å²) in [7, 11) is 0. The number of thiazole rings is 1. The Morgan fingerprint density at radius 2 is 1.97 bits per heavy atom. The zero-order valence-electron chi connectivity index (χ0n) is 21.3. The number of piperidine rings is 1. The summed E-state index contributed by atoms with van der Waals surface area (Å²) in [6.45, 7) is 2.44. The molecule has 2 aromatic carbocycles. The van der Waals surface area contributed by atoms with Crippen molar-refractivity contribution in [3.63, 3.8) is 0 Å². The number of carboxylic acid groups (broad SMARTS) is 1. The molecular formula is C29H27F2N3O4S. The van der Waals surface area contributed by atoms with E-state index in [1.54, 1.807) is 18.2 Å². The van der Waals surface area contributed by atoms with E-state index in [0.29, 0.717) is 17.2 Å². The highest BCUT2D eigenvalue weighted by Gasteiger charge is 2.46. The molecule has 10 heteroatoms. The average molecular weight is 552 g/mol. The fraction of sp³-hybridized carbons (Fsp3) is 0.414. The lowest BCUT2D eigenvalue weighted by Crippen LogP contribution is -2.46. The minimum atomic E-state index is -0.947. The van der Waals surface area contributed by atoms with E-state index >= 15 is 0 Å². The first kappa shape index (κ1) is 24.7. The molecular weight excluding hydrogens is 524 g/mol. The van der Waals surface area contributed by atoms with Gasteiger partial charge < -0.3 is 19.3 Å².